The molecule has 4 fully saturated rings. The number of hydrogen-bond donors (Lipinski definition) is 1. The predicted octanol–water partition coefficient (Wildman–Crippen LogP) is 3.49. The van der Waals surface area contributed by atoms with Gasteiger partial charge in [-0.3, -0.25) is 4.90 Å². The van der Waals surface area contributed by atoms with Gasteiger partial charge >= 0.3 is 6.09 Å². The fourth-order valence-corrected chi connectivity index (χ4v) is 5.59. The second kappa shape index (κ2) is 6.35. The number of oxazole rings is 1. The Kier molecular flexibility index (Phi) is 3.74. The first-order valence-corrected chi connectivity index (χ1v) is 10.9. The van der Waals surface area contributed by atoms with Gasteiger partial charge in [0.05, 0.1) is 23.3 Å². The van der Waals surface area contributed by atoms with E-state index < -0.39 is 6.09 Å². The van der Waals surface area contributed by atoms with E-state index in [1.54, 1.807) is 22.4 Å². The zero-order valence-corrected chi connectivity index (χ0v) is 16.6. The van der Waals surface area contributed by atoms with Gasteiger partial charge in [0.25, 0.3) is 6.01 Å². The predicted molar refractivity (Wildman–Crippen MR) is 111 cm³/mol. The molecule has 7 rings (SSSR count). The van der Waals surface area contributed by atoms with Crippen molar-refractivity contribution in [2.24, 2.45) is 0 Å². The highest BCUT2D eigenvalue weighted by Gasteiger charge is 2.48. The Hall–Kier alpha value is -2.81. The van der Waals surface area contributed by atoms with Crippen LogP contribution >= 0.6 is 11.3 Å². The zero-order chi connectivity index (χ0) is 19.5. The van der Waals surface area contributed by atoms with Crippen LogP contribution in [0.5, 0.6) is 0 Å². The normalized spacial score (nSPS) is 23.7. The molecule has 0 saturated carbocycles. The molecule has 0 aliphatic carbocycles. The van der Waals surface area contributed by atoms with Gasteiger partial charge in [0, 0.05) is 37.8 Å². The standard InChI is InChI=1S/C20H21N5O3S/c26-20(27)25-12-9-13(25)11-24(10-12)19-22-16-15(23-6-1-2-7-23)4-3-14(17(16)28-19)18-21-5-8-29-18/h3-5,8,12-13H,1-2,6-7,9-11H2,(H,26,27). The van der Waals surface area contributed by atoms with Crippen LogP contribution in [0.15, 0.2) is 28.1 Å². The van der Waals surface area contributed by atoms with Crippen molar-refractivity contribution in [2.45, 2.75) is 31.3 Å². The number of carbonyl (C=O) groups is 1. The molecule has 1 aromatic carbocycles. The molecular weight excluding hydrogens is 390 g/mol. The smallest absolute Gasteiger partial charge is 0.407 e. The SMILES string of the molecule is O=C(O)N1C2CC1CN(c1nc3c(N4CCCC4)ccc(-c4nccs4)c3o1)C2. The van der Waals surface area contributed by atoms with Crippen molar-refractivity contribution in [1.82, 2.24) is 14.9 Å². The van der Waals surface area contributed by atoms with Crippen LogP contribution in [0.4, 0.5) is 16.5 Å². The average molecular weight is 411 g/mol. The minimum atomic E-state index is -0.828. The van der Waals surface area contributed by atoms with E-state index in [1.807, 2.05) is 5.38 Å². The van der Waals surface area contributed by atoms with E-state index in [-0.39, 0.29) is 12.1 Å². The number of thiazole rings is 1. The number of piperidine rings is 1. The van der Waals surface area contributed by atoms with Crippen LogP contribution in [0.2, 0.25) is 0 Å². The van der Waals surface area contributed by atoms with Crippen molar-refractivity contribution >= 4 is 40.2 Å². The second-order valence-corrected chi connectivity index (χ2v) is 8.87. The second-order valence-electron chi connectivity index (χ2n) is 7.98. The molecule has 1 N–H and O–H groups in total. The van der Waals surface area contributed by atoms with Crippen molar-refractivity contribution in [2.75, 3.05) is 36.0 Å². The molecule has 8 nitrogen and oxygen atoms in total. The number of carboxylic acid groups (broad SMARTS) is 1. The van der Waals surface area contributed by atoms with Gasteiger partial charge in [-0.15, -0.1) is 11.3 Å². The molecule has 1 amide bonds. The molecule has 29 heavy (non-hydrogen) atoms. The van der Waals surface area contributed by atoms with Crippen LogP contribution in [0, 0.1) is 0 Å². The molecule has 2 bridgehead atoms. The summed E-state index contributed by atoms with van der Waals surface area (Å²) in [5.74, 6) is 0. The Morgan fingerprint density at radius 2 is 1.97 bits per heavy atom. The van der Waals surface area contributed by atoms with Gasteiger partial charge in [0.2, 0.25) is 0 Å². The van der Waals surface area contributed by atoms with Crippen molar-refractivity contribution < 1.29 is 14.3 Å². The van der Waals surface area contributed by atoms with Gasteiger partial charge in [-0.05, 0) is 31.4 Å². The summed E-state index contributed by atoms with van der Waals surface area (Å²) in [6, 6.07) is 4.86. The summed E-state index contributed by atoms with van der Waals surface area (Å²) < 4.78 is 6.32. The Morgan fingerprint density at radius 1 is 1.17 bits per heavy atom. The molecule has 0 radical (unpaired) electrons. The summed E-state index contributed by atoms with van der Waals surface area (Å²) >= 11 is 1.59. The van der Waals surface area contributed by atoms with Crippen LogP contribution in [0.1, 0.15) is 19.3 Å². The monoisotopic (exact) mass is 411 g/mol. The number of nitrogens with zero attached hydrogens (tertiary/aromatic N) is 5. The van der Waals surface area contributed by atoms with E-state index in [0.29, 0.717) is 19.1 Å². The molecule has 0 spiro atoms. The molecule has 150 valence electrons. The topological polar surface area (TPSA) is 85.9 Å². The summed E-state index contributed by atoms with van der Waals surface area (Å²) in [6.45, 7) is 3.33. The lowest BCUT2D eigenvalue weighted by Gasteiger charge is -2.54. The summed E-state index contributed by atoms with van der Waals surface area (Å²) in [5.41, 5.74) is 3.73. The quantitative estimate of drug-likeness (QED) is 0.706. The molecule has 2 aromatic heterocycles. The first kappa shape index (κ1) is 17.1. The van der Waals surface area contributed by atoms with Crippen molar-refractivity contribution in [3.05, 3.63) is 23.7 Å². The maximum Gasteiger partial charge on any atom is 0.407 e. The van der Waals surface area contributed by atoms with E-state index in [0.717, 1.165) is 46.9 Å². The van der Waals surface area contributed by atoms with Crippen molar-refractivity contribution in [3.8, 4) is 10.6 Å². The lowest BCUT2D eigenvalue weighted by Crippen LogP contribution is -2.70. The molecule has 2 unspecified atom stereocenters. The lowest BCUT2D eigenvalue weighted by atomic mass is 9.88. The number of rotatable bonds is 3. The third kappa shape index (κ3) is 2.60. The summed E-state index contributed by atoms with van der Waals surface area (Å²) in [7, 11) is 0. The summed E-state index contributed by atoms with van der Waals surface area (Å²) in [4.78, 5) is 26.8. The molecule has 3 aromatic rings. The van der Waals surface area contributed by atoms with Crippen LogP contribution in [0.25, 0.3) is 21.7 Å². The molecule has 4 saturated heterocycles. The molecule has 6 heterocycles. The summed E-state index contributed by atoms with van der Waals surface area (Å²) in [6.07, 6.45) is 4.29. The first-order chi connectivity index (χ1) is 14.2. The van der Waals surface area contributed by atoms with Gasteiger partial charge in [0.1, 0.15) is 10.5 Å². The first-order valence-electron chi connectivity index (χ1n) is 10.0. The Bertz CT molecular complexity index is 1060. The highest BCUT2D eigenvalue weighted by atomic mass is 32.1. The van der Waals surface area contributed by atoms with Gasteiger partial charge in [-0.1, -0.05) is 0 Å². The number of fused-ring (bicyclic) bond motifs is 3. The Morgan fingerprint density at radius 3 is 2.66 bits per heavy atom. The summed E-state index contributed by atoms with van der Waals surface area (Å²) in [5, 5.41) is 12.3. The van der Waals surface area contributed by atoms with E-state index in [1.165, 1.54) is 12.8 Å². The van der Waals surface area contributed by atoms with Gasteiger partial charge in [0.15, 0.2) is 5.58 Å². The van der Waals surface area contributed by atoms with Crippen LogP contribution in [-0.4, -0.2) is 64.3 Å². The van der Waals surface area contributed by atoms with Crippen LogP contribution in [0.3, 0.4) is 0 Å². The van der Waals surface area contributed by atoms with Gasteiger partial charge in [-0.25, -0.2) is 9.78 Å². The third-order valence-electron chi connectivity index (χ3n) is 6.31. The van der Waals surface area contributed by atoms with E-state index >= 15 is 0 Å². The van der Waals surface area contributed by atoms with E-state index in [9.17, 15) is 9.90 Å². The third-order valence-corrected chi connectivity index (χ3v) is 7.11. The largest absolute Gasteiger partial charge is 0.465 e. The number of amides is 1. The maximum absolute atomic E-state index is 11.4. The van der Waals surface area contributed by atoms with E-state index in [2.05, 4.69) is 26.9 Å². The molecule has 9 heteroatoms. The Labute approximate surface area is 171 Å². The van der Waals surface area contributed by atoms with Gasteiger partial charge < -0.3 is 19.3 Å². The van der Waals surface area contributed by atoms with Crippen LogP contribution < -0.4 is 9.80 Å². The number of benzene rings is 1. The highest BCUT2D eigenvalue weighted by molar-refractivity contribution is 7.13. The van der Waals surface area contributed by atoms with Crippen molar-refractivity contribution in [1.29, 1.82) is 0 Å². The maximum atomic E-state index is 11.4. The lowest BCUT2D eigenvalue weighted by molar-refractivity contribution is 0.0101. The Balaban J connectivity index is 1.41. The number of piperazine rings is 1. The number of aromatic nitrogens is 2. The minimum Gasteiger partial charge on any atom is -0.465 e. The molecule has 4 aliphatic heterocycles. The van der Waals surface area contributed by atoms with Gasteiger partial charge in [-0.2, -0.15) is 4.98 Å². The van der Waals surface area contributed by atoms with E-state index in [4.69, 9.17) is 9.40 Å². The minimum absolute atomic E-state index is 0.0257. The number of anilines is 2. The number of hydrogen-bond acceptors (Lipinski definition) is 7. The molecule has 4 aliphatic rings. The fourth-order valence-electron chi connectivity index (χ4n) is 4.93. The molecule has 2 atom stereocenters. The molecular formula is C20H21N5O3S. The highest BCUT2D eigenvalue weighted by Crippen LogP contribution is 2.41. The zero-order valence-electron chi connectivity index (χ0n) is 15.8. The van der Waals surface area contributed by atoms with Crippen LogP contribution in [-0.2, 0) is 0 Å². The fraction of sp³-hybridized carbons (Fsp3) is 0.450. The average Bonchev–Trinajstić information content (AvgIpc) is 3.48. The van der Waals surface area contributed by atoms with Crippen molar-refractivity contribution in [3.63, 3.8) is 0 Å².